The van der Waals surface area contributed by atoms with E-state index in [0.717, 1.165) is 18.6 Å². The van der Waals surface area contributed by atoms with Crippen molar-refractivity contribution in [2.45, 2.75) is 18.9 Å². The Bertz CT molecular complexity index is 835. The number of rotatable bonds is 4. The van der Waals surface area contributed by atoms with Gasteiger partial charge < -0.3 is 23.7 Å². The maximum atomic E-state index is 12.9. The lowest BCUT2D eigenvalue weighted by atomic mass is 9.96. The zero-order chi connectivity index (χ0) is 19.5. The molecule has 1 fully saturated rings. The van der Waals surface area contributed by atoms with E-state index in [9.17, 15) is 9.59 Å². The lowest BCUT2D eigenvalue weighted by Gasteiger charge is -2.35. The van der Waals surface area contributed by atoms with Crippen molar-refractivity contribution >= 4 is 11.8 Å². The number of para-hydroxylation sites is 2. The van der Waals surface area contributed by atoms with Gasteiger partial charge in [-0.05, 0) is 37.1 Å². The van der Waals surface area contributed by atoms with Crippen LogP contribution in [0, 0.1) is 5.92 Å². The van der Waals surface area contributed by atoms with Crippen LogP contribution >= 0.6 is 0 Å². The number of fused-ring (bicyclic) bond motifs is 1. The molecule has 0 radical (unpaired) electrons. The number of likely N-dealkylation sites (tertiary alicyclic amines) is 1. The van der Waals surface area contributed by atoms with Crippen molar-refractivity contribution in [2.75, 3.05) is 33.3 Å². The zero-order valence-electron chi connectivity index (χ0n) is 15.9. The van der Waals surface area contributed by atoms with Gasteiger partial charge in [-0.3, -0.25) is 9.59 Å². The van der Waals surface area contributed by atoms with Crippen molar-refractivity contribution in [3.63, 3.8) is 0 Å². The van der Waals surface area contributed by atoms with E-state index >= 15 is 0 Å². The van der Waals surface area contributed by atoms with Gasteiger partial charge in [-0.2, -0.15) is 0 Å². The summed E-state index contributed by atoms with van der Waals surface area (Å²) in [6.07, 6.45) is 2.84. The average molecular weight is 384 g/mol. The number of carbonyl (C=O) groups excluding carboxylic acids is 2. The second-order valence-electron chi connectivity index (χ2n) is 7.28. The molecule has 0 N–H and O–H groups in total. The van der Waals surface area contributed by atoms with Crippen LogP contribution in [0.25, 0.3) is 0 Å². The highest BCUT2D eigenvalue weighted by Gasteiger charge is 2.32. The predicted octanol–water partition coefficient (Wildman–Crippen LogP) is 2.43. The van der Waals surface area contributed by atoms with E-state index in [2.05, 4.69) is 0 Å². The van der Waals surface area contributed by atoms with Gasteiger partial charge in [0.1, 0.15) is 6.61 Å². The molecule has 0 saturated carbocycles. The second kappa shape index (κ2) is 7.96. The highest BCUT2D eigenvalue weighted by Crippen LogP contribution is 2.31. The smallest absolute Gasteiger partial charge is 0.289 e. The maximum Gasteiger partial charge on any atom is 0.289 e. The second-order valence-corrected chi connectivity index (χ2v) is 7.28. The molecule has 3 heterocycles. The van der Waals surface area contributed by atoms with Crippen LogP contribution in [0.4, 0.5) is 0 Å². The minimum atomic E-state index is -0.215. The van der Waals surface area contributed by atoms with E-state index in [-0.39, 0.29) is 23.8 Å². The summed E-state index contributed by atoms with van der Waals surface area (Å²) in [6.45, 7) is 1.90. The standard InChI is InChI=1S/C21H24N2O5/c1-22(13-16-14-27-17-7-2-3-8-18(17)28-16)20(24)15-6-4-10-23(12-15)21(25)19-9-5-11-26-19/h2-3,5,7-9,11,15-16H,4,6,10,12-14H2,1H3/t15-,16+/m0/s1. The minimum absolute atomic E-state index is 0.0272. The zero-order valence-corrected chi connectivity index (χ0v) is 15.9. The molecule has 7 heteroatoms. The Morgan fingerprint density at radius 1 is 1.18 bits per heavy atom. The monoisotopic (exact) mass is 384 g/mol. The van der Waals surface area contributed by atoms with Crippen LogP contribution in [-0.4, -0.2) is 61.0 Å². The molecule has 7 nitrogen and oxygen atoms in total. The summed E-state index contributed by atoms with van der Waals surface area (Å²) < 4.78 is 16.9. The number of benzene rings is 1. The van der Waals surface area contributed by atoms with Gasteiger partial charge in [0.25, 0.3) is 5.91 Å². The Hall–Kier alpha value is -2.96. The molecule has 2 aliphatic rings. The first-order valence-corrected chi connectivity index (χ1v) is 9.58. The fraction of sp³-hybridized carbons (Fsp3) is 0.429. The molecule has 0 unspecified atom stereocenters. The molecule has 2 atom stereocenters. The van der Waals surface area contributed by atoms with Crippen molar-refractivity contribution < 1.29 is 23.5 Å². The highest BCUT2D eigenvalue weighted by molar-refractivity contribution is 5.92. The topological polar surface area (TPSA) is 72.2 Å². The van der Waals surface area contributed by atoms with Gasteiger partial charge in [0.05, 0.1) is 18.7 Å². The van der Waals surface area contributed by atoms with Crippen LogP contribution in [0.1, 0.15) is 23.4 Å². The SMILES string of the molecule is CN(C[C@@H]1COc2ccccc2O1)C(=O)[C@H]1CCCN(C(=O)c2ccco2)C1. The van der Waals surface area contributed by atoms with E-state index in [1.165, 1.54) is 6.26 Å². The quantitative estimate of drug-likeness (QED) is 0.810. The lowest BCUT2D eigenvalue weighted by molar-refractivity contribution is -0.137. The number of piperidine rings is 1. The van der Waals surface area contributed by atoms with Crippen LogP contribution in [0.3, 0.4) is 0 Å². The molecule has 148 valence electrons. The molecule has 28 heavy (non-hydrogen) atoms. The first kappa shape index (κ1) is 18.4. The van der Waals surface area contributed by atoms with E-state index in [1.54, 1.807) is 29.0 Å². The van der Waals surface area contributed by atoms with Gasteiger partial charge in [0, 0.05) is 20.1 Å². The fourth-order valence-electron chi connectivity index (χ4n) is 3.78. The molecule has 0 spiro atoms. The Kier molecular flexibility index (Phi) is 5.23. The molecule has 0 bridgehead atoms. The Morgan fingerprint density at radius 2 is 2.00 bits per heavy atom. The van der Waals surface area contributed by atoms with Crippen molar-refractivity contribution in [1.29, 1.82) is 0 Å². The predicted molar refractivity (Wildman–Crippen MR) is 101 cm³/mol. The van der Waals surface area contributed by atoms with Crippen molar-refractivity contribution in [3.05, 3.63) is 48.4 Å². The number of carbonyl (C=O) groups is 2. The minimum Gasteiger partial charge on any atom is -0.486 e. The van der Waals surface area contributed by atoms with Gasteiger partial charge in [-0.15, -0.1) is 0 Å². The summed E-state index contributed by atoms with van der Waals surface area (Å²) in [4.78, 5) is 28.8. The number of furan rings is 1. The Morgan fingerprint density at radius 3 is 2.79 bits per heavy atom. The summed E-state index contributed by atoms with van der Waals surface area (Å²) in [5.74, 6) is 1.40. The number of ether oxygens (including phenoxy) is 2. The van der Waals surface area contributed by atoms with E-state index < -0.39 is 0 Å². The van der Waals surface area contributed by atoms with Crippen molar-refractivity contribution in [1.82, 2.24) is 9.80 Å². The van der Waals surface area contributed by atoms with E-state index in [1.807, 2.05) is 24.3 Å². The maximum absolute atomic E-state index is 12.9. The van der Waals surface area contributed by atoms with E-state index in [4.69, 9.17) is 13.9 Å². The molecule has 2 aliphatic heterocycles. The summed E-state index contributed by atoms with van der Waals surface area (Å²) in [5.41, 5.74) is 0. The lowest BCUT2D eigenvalue weighted by Crippen LogP contribution is -2.48. The first-order chi connectivity index (χ1) is 13.6. The molecular weight excluding hydrogens is 360 g/mol. The number of hydrogen-bond acceptors (Lipinski definition) is 5. The largest absolute Gasteiger partial charge is 0.486 e. The van der Waals surface area contributed by atoms with Crippen LogP contribution in [0.5, 0.6) is 11.5 Å². The number of likely N-dealkylation sites (N-methyl/N-ethyl adjacent to an activating group) is 1. The summed E-state index contributed by atoms with van der Waals surface area (Å²) in [7, 11) is 1.78. The van der Waals surface area contributed by atoms with Crippen LogP contribution in [0.2, 0.25) is 0 Å². The molecule has 1 saturated heterocycles. The fourth-order valence-corrected chi connectivity index (χ4v) is 3.78. The van der Waals surface area contributed by atoms with Crippen molar-refractivity contribution in [3.8, 4) is 11.5 Å². The summed E-state index contributed by atoms with van der Waals surface area (Å²) in [6, 6.07) is 10.9. The average Bonchev–Trinajstić information content (AvgIpc) is 3.27. The molecule has 2 amide bonds. The van der Waals surface area contributed by atoms with E-state index in [0.29, 0.717) is 37.8 Å². The third kappa shape index (κ3) is 3.83. The Balaban J connectivity index is 1.34. The van der Waals surface area contributed by atoms with Gasteiger partial charge in [0.15, 0.2) is 23.4 Å². The molecule has 4 rings (SSSR count). The van der Waals surface area contributed by atoms with Gasteiger partial charge in [0.2, 0.25) is 5.91 Å². The molecular formula is C21H24N2O5. The van der Waals surface area contributed by atoms with Crippen molar-refractivity contribution in [2.24, 2.45) is 5.92 Å². The van der Waals surface area contributed by atoms with Crippen LogP contribution < -0.4 is 9.47 Å². The van der Waals surface area contributed by atoms with Crippen LogP contribution in [0.15, 0.2) is 47.1 Å². The van der Waals surface area contributed by atoms with Gasteiger partial charge >= 0.3 is 0 Å². The molecule has 1 aromatic heterocycles. The molecule has 1 aromatic carbocycles. The molecule has 2 aromatic rings. The Labute approximate surface area is 163 Å². The van der Waals surface area contributed by atoms with Crippen LogP contribution in [-0.2, 0) is 4.79 Å². The number of amides is 2. The number of hydrogen-bond donors (Lipinski definition) is 0. The first-order valence-electron chi connectivity index (χ1n) is 9.58. The third-order valence-electron chi connectivity index (χ3n) is 5.21. The number of nitrogens with zero attached hydrogens (tertiary/aromatic N) is 2. The summed E-state index contributed by atoms with van der Waals surface area (Å²) >= 11 is 0. The normalized spacial score (nSPS) is 21.2. The highest BCUT2D eigenvalue weighted by atomic mass is 16.6. The third-order valence-corrected chi connectivity index (χ3v) is 5.21. The van der Waals surface area contributed by atoms with Gasteiger partial charge in [-0.1, -0.05) is 12.1 Å². The summed E-state index contributed by atoms with van der Waals surface area (Å²) in [5, 5.41) is 0. The van der Waals surface area contributed by atoms with Gasteiger partial charge in [-0.25, -0.2) is 0 Å². The molecule has 0 aliphatic carbocycles.